The largest absolute Gasteiger partial charge is 0.440 e. The first-order valence-electron chi connectivity index (χ1n) is 4.53. The highest BCUT2D eigenvalue weighted by Gasteiger charge is 2.23. The summed E-state index contributed by atoms with van der Waals surface area (Å²) in [6.45, 7) is 2.30. The lowest BCUT2D eigenvalue weighted by molar-refractivity contribution is 0.109. The number of aldehydes is 1. The van der Waals surface area contributed by atoms with Crippen LogP contribution in [0.2, 0.25) is 0 Å². The summed E-state index contributed by atoms with van der Waals surface area (Å²) in [6.07, 6.45) is 1.19. The van der Waals surface area contributed by atoms with E-state index in [1.54, 1.807) is 0 Å². The smallest absolute Gasteiger partial charge is 0.276 e. The third-order valence-corrected chi connectivity index (χ3v) is 3.65. The Balaban J connectivity index is 3.00. The van der Waals surface area contributed by atoms with E-state index in [1.165, 1.54) is 23.5 Å². The first-order valence-corrected chi connectivity index (χ1v) is 5.97. The van der Waals surface area contributed by atoms with E-state index in [0.717, 1.165) is 6.42 Å². The minimum Gasteiger partial charge on any atom is -0.440 e. The molecule has 5 nitrogen and oxygen atoms in total. The van der Waals surface area contributed by atoms with Crippen LogP contribution in [0.25, 0.3) is 0 Å². The Bertz CT molecular complexity index is 435. The number of carbonyl (C=O) groups excluding carboxylic acids is 1. The highest BCUT2D eigenvalue weighted by Crippen LogP contribution is 2.16. The molecule has 15 heavy (non-hydrogen) atoms. The topological polar surface area (TPSA) is 67.6 Å². The van der Waals surface area contributed by atoms with Crippen LogP contribution in [0.5, 0.6) is 0 Å². The Kier molecular flexibility index (Phi) is 3.65. The lowest BCUT2D eigenvalue weighted by Crippen LogP contribution is -2.27. The van der Waals surface area contributed by atoms with Gasteiger partial charge in [-0.3, -0.25) is 4.79 Å². The van der Waals surface area contributed by atoms with Gasteiger partial charge in [0, 0.05) is 13.6 Å². The van der Waals surface area contributed by atoms with E-state index in [2.05, 4.69) is 0 Å². The van der Waals surface area contributed by atoms with Crippen LogP contribution in [0.3, 0.4) is 0 Å². The van der Waals surface area contributed by atoms with Gasteiger partial charge in [-0.25, -0.2) is 8.42 Å². The second kappa shape index (κ2) is 4.59. The van der Waals surface area contributed by atoms with Crippen LogP contribution in [-0.4, -0.2) is 32.6 Å². The summed E-state index contributed by atoms with van der Waals surface area (Å²) in [5.41, 5.74) is 0. The molecule has 0 aliphatic rings. The molecule has 0 amide bonds. The van der Waals surface area contributed by atoms with Crippen LogP contribution in [-0.2, 0) is 10.0 Å². The van der Waals surface area contributed by atoms with Crippen molar-refractivity contribution in [2.75, 3.05) is 13.6 Å². The van der Waals surface area contributed by atoms with Crippen LogP contribution >= 0.6 is 0 Å². The third kappa shape index (κ3) is 2.45. The first kappa shape index (κ1) is 11.9. The van der Waals surface area contributed by atoms with Gasteiger partial charge in [-0.15, -0.1) is 0 Å². The summed E-state index contributed by atoms with van der Waals surface area (Å²) < 4.78 is 29.6. The molecule has 0 aliphatic carbocycles. The Morgan fingerprint density at radius 2 is 2.13 bits per heavy atom. The van der Waals surface area contributed by atoms with Crippen LogP contribution in [0.15, 0.2) is 21.6 Å². The van der Waals surface area contributed by atoms with E-state index in [-0.39, 0.29) is 10.9 Å². The molecule has 84 valence electrons. The maximum atomic E-state index is 11.8. The van der Waals surface area contributed by atoms with Gasteiger partial charge < -0.3 is 4.42 Å². The number of hydrogen-bond donors (Lipinski definition) is 0. The molecule has 0 bridgehead atoms. The van der Waals surface area contributed by atoms with Gasteiger partial charge in [-0.2, -0.15) is 4.31 Å². The average Bonchev–Trinajstić information content (AvgIpc) is 2.66. The summed E-state index contributed by atoms with van der Waals surface area (Å²) in [5, 5.41) is -0.194. The molecular formula is C9H13NO4S. The minimum absolute atomic E-state index is 0.0125. The maximum Gasteiger partial charge on any atom is 0.276 e. The molecule has 6 heteroatoms. The van der Waals surface area contributed by atoms with Crippen LogP contribution in [0.4, 0.5) is 0 Å². The molecule has 0 fully saturated rings. The summed E-state index contributed by atoms with van der Waals surface area (Å²) in [4.78, 5) is 10.3. The fraction of sp³-hybridized carbons (Fsp3) is 0.444. The molecule has 1 aromatic heterocycles. The van der Waals surface area contributed by atoms with Crippen LogP contribution in [0, 0.1) is 0 Å². The van der Waals surface area contributed by atoms with Gasteiger partial charge in [0.15, 0.2) is 12.0 Å². The Labute approximate surface area is 88.7 Å². The fourth-order valence-corrected chi connectivity index (χ4v) is 2.30. The Morgan fingerprint density at radius 1 is 1.47 bits per heavy atom. The van der Waals surface area contributed by atoms with Gasteiger partial charge >= 0.3 is 0 Å². The van der Waals surface area contributed by atoms with Crippen molar-refractivity contribution in [2.45, 2.75) is 18.4 Å². The molecule has 0 aromatic carbocycles. The second-order valence-corrected chi connectivity index (χ2v) is 5.08. The summed E-state index contributed by atoms with van der Waals surface area (Å²) in [6, 6.07) is 2.62. The zero-order valence-corrected chi connectivity index (χ0v) is 9.45. The number of nitrogens with zero attached hydrogens (tertiary/aromatic N) is 1. The quantitative estimate of drug-likeness (QED) is 0.712. The van der Waals surface area contributed by atoms with Gasteiger partial charge in [0.1, 0.15) is 0 Å². The van der Waals surface area contributed by atoms with Crippen molar-refractivity contribution in [1.82, 2.24) is 4.31 Å². The average molecular weight is 231 g/mol. The molecule has 0 saturated carbocycles. The second-order valence-electron chi connectivity index (χ2n) is 3.10. The molecule has 1 heterocycles. The molecular weight excluding hydrogens is 218 g/mol. The van der Waals surface area contributed by atoms with Crippen molar-refractivity contribution < 1.29 is 17.6 Å². The summed E-state index contributed by atoms with van der Waals surface area (Å²) in [7, 11) is -2.11. The van der Waals surface area contributed by atoms with E-state index in [4.69, 9.17) is 4.42 Å². The molecule has 0 saturated heterocycles. The lowest BCUT2D eigenvalue weighted by atomic mass is 10.5. The summed E-state index contributed by atoms with van der Waals surface area (Å²) in [5.74, 6) is 0.0125. The molecule has 0 atom stereocenters. The SMILES string of the molecule is CCCN(C)S(=O)(=O)c1ccc(C=O)o1. The number of sulfonamides is 1. The molecule has 1 aromatic rings. The van der Waals surface area contributed by atoms with Gasteiger partial charge in [-0.05, 0) is 18.6 Å². The van der Waals surface area contributed by atoms with Crippen molar-refractivity contribution in [2.24, 2.45) is 0 Å². The predicted octanol–water partition coefficient (Wildman–Crippen LogP) is 1.12. The maximum absolute atomic E-state index is 11.8. The van der Waals surface area contributed by atoms with Crippen LogP contribution in [0.1, 0.15) is 23.9 Å². The van der Waals surface area contributed by atoms with Crippen molar-refractivity contribution in [3.63, 3.8) is 0 Å². The van der Waals surface area contributed by atoms with Gasteiger partial charge in [0.05, 0.1) is 0 Å². The predicted molar refractivity (Wildman–Crippen MR) is 54.2 cm³/mol. The first-order chi connectivity index (χ1) is 7.02. The highest BCUT2D eigenvalue weighted by molar-refractivity contribution is 7.89. The zero-order valence-electron chi connectivity index (χ0n) is 8.63. The van der Waals surface area contributed by atoms with E-state index in [1.807, 2.05) is 6.92 Å². The van der Waals surface area contributed by atoms with Crippen molar-refractivity contribution in [3.8, 4) is 0 Å². The number of hydrogen-bond acceptors (Lipinski definition) is 4. The number of furan rings is 1. The van der Waals surface area contributed by atoms with Crippen molar-refractivity contribution in [1.29, 1.82) is 0 Å². The van der Waals surface area contributed by atoms with E-state index < -0.39 is 10.0 Å². The standard InChI is InChI=1S/C9H13NO4S/c1-3-6-10(2)15(12,13)9-5-4-8(7-11)14-9/h4-5,7H,3,6H2,1-2H3. The van der Waals surface area contributed by atoms with E-state index >= 15 is 0 Å². The molecule has 0 unspecified atom stereocenters. The lowest BCUT2D eigenvalue weighted by Gasteiger charge is -2.13. The number of carbonyl (C=O) groups is 1. The molecule has 0 spiro atoms. The molecule has 0 radical (unpaired) electrons. The summed E-state index contributed by atoms with van der Waals surface area (Å²) >= 11 is 0. The normalized spacial score (nSPS) is 11.9. The highest BCUT2D eigenvalue weighted by atomic mass is 32.2. The minimum atomic E-state index is -3.58. The van der Waals surface area contributed by atoms with Crippen molar-refractivity contribution in [3.05, 3.63) is 17.9 Å². The van der Waals surface area contributed by atoms with Gasteiger partial charge in [0.25, 0.3) is 10.0 Å². The molecule has 0 N–H and O–H groups in total. The van der Waals surface area contributed by atoms with E-state index in [9.17, 15) is 13.2 Å². The molecule has 1 rings (SSSR count). The van der Waals surface area contributed by atoms with Gasteiger partial charge in [-0.1, -0.05) is 6.92 Å². The Morgan fingerprint density at radius 3 is 2.60 bits per heavy atom. The zero-order chi connectivity index (χ0) is 11.5. The fourth-order valence-electron chi connectivity index (χ4n) is 1.13. The molecule has 0 aliphatic heterocycles. The van der Waals surface area contributed by atoms with E-state index in [0.29, 0.717) is 12.8 Å². The number of rotatable bonds is 5. The van der Waals surface area contributed by atoms with Crippen molar-refractivity contribution >= 4 is 16.3 Å². The third-order valence-electron chi connectivity index (χ3n) is 1.92. The monoisotopic (exact) mass is 231 g/mol. The van der Waals surface area contributed by atoms with Gasteiger partial charge in [0.2, 0.25) is 5.09 Å². The Hall–Kier alpha value is -1.14. The van der Waals surface area contributed by atoms with Crippen LogP contribution < -0.4 is 0 Å².